The fourth-order valence-corrected chi connectivity index (χ4v) is 2.61. The smallest absolute Gasteiger partial charge is 0.243 e. The number of benzene rings is 1. The van der Waals surface area contributed by atoms with E-state index in [4.69, 9.17) is 0 Å². The Bertz CT molecular complexity index is 775. The van der Waals surface area contributed by atoms with Gasteiger partial charge in [0.2, 0.25) is 11.8 Å². The molecule has 2 amide bonds. The van der Waals surface area contributed by atoms with Crippen LogP contribution in [-0.2, 0) is 9.59 Å². The van der Waals surface area contributed by atoms with Gasteiger partial charge in [-0.25, -0.2) is 18.2 Å². The zero-order chi connectivity index (χ0) is 18.4. The van der Waals surface area contributed by atoms with Crippen molar-refractivity contribution in [1.29, 1.82) is 0 Å². The summed E-state index contributed by atoms with van der Waals surface area (Å²) in [6, 6.07) is 6.86. The highest BCUT2D eigenvalue weighted by molar-refractivity contribution is 8.00. The van der Waals surface area contributed by atoms with Gasteiger partial charge in [0.15, 0.2) is 17.5 Å². The SMILES string of the molecule is C[C@H](Sc1ccccn1)C(=O)NCC(=O)Nc1ccc(F)c(F)c1F. The molecule has 0 aliphatic rings. The van der Waals surface area contributed by atoms with Crippen LogP contribution in [0.25, 0.3) is 0 Å². The van der Waals surface area contributed by atoms with Gasteiger partial charge in [0.05, 0.1) is 22.5 Å². The molecule has 0 radical (unpaired) electrons. The first-order valence-corrected chi connectivity index (χ1v) is 8.05. The van der Waals surface area contributed by atoms with Crippen LogP contribution in [0, 0.1) is 17.5 Å². The zero-order valence-corrected chi connectivity index (χ0v) is 13.9. The van der Waals surface area contributed by atoms with Crippen molar-refractivity contribution in [1.82, 2.24) is 10.3 Å². The number of carbonyl (C=O) groups is 2. The van der Waals surface area contributed by atoms with Crippen molar-refractivity contribution in [3.05, 3.63) is 54.0 Å². The van der Waals surface area contributed by atoms with Gasteiger partial charge in [-0.2, -0.15) is 0 Å². The summed E-state index contributed by atoms with van der Waals surface area (Å²) in [7, 11) is 0. The van der Waals surface area contributed by atoms with Gasteiger partial charge in [0, 0.05) is 6.20 Å². The van der Waals surface area contributed by atoms with Crippen LogP contribution in [0.1, 0.15) is 6.92 Å². The number of pyridine rings is 1. The van der Waals surface area contributed by atoms with E-state index in [9.17, 15) is 22.8 Å². The quantitative estimate of drug-likeness (QED) is 0.607. The average Bonchev–Trinajstić information content (AvgIpc) is 2.61. The predicted molar refractivity (Wildman–Crippen MR) is 87.5 cm³/mol. The molecule has 5 nitrogen and oxygen atoms in total. The van der Waals surface area contributed by atoms with Gasteiger partial charge < -0.3 is 10.6 Å². The van der Waals surface area contributed by atoms with Crippen LogP contribution in [-0.4, -0.2) is 28.6 Å². The molecule has 1 aromatic carbocycles. The van der Waals surface area contributed by atoms with Gasteiger partial charge in [-0.15, -0.1) is 0 Å². The van der Waals surface area contributed by atoms with E-state index in [1.54, 1.807) is 31.3 Å². The van der Waals surface area contributed by atoms with Crippen molar-refractivity contribution in [3.8, 4) is 0 Å². The van der Waals surface area contributed by atoms with Crippen molar-refractivity contribution < 1.29 is 22.8 Å². The minimum atomic E-state index is -1.68. The van der Waals surface area contributed by atoms with E-state index >= 15 is 0 Å². The van der Waals surface area contributed by atoms with Crippen molar-refractivity contribution in [2.45, 2.75) is 17.2 Å². The number of anilines is 1. The Labute approximate surface area is 146 Å². The third-order valence-electron chi connectivity index (χ3n) is 3.04. The fraction of sp³-hybridized carbons (Fsp3) is 0.188. The number of rotatable bonds is 6. The maximum Gasteiger partial charge on any atom is 0.243 e. The van der Waals surface area contributed by atoms with Crippen molar-refractivity contribution in [2.75, 3.05) is 11.9 Å². The van der Waals surface area contributed by atoms with E-state index in [2.05, 4.69) is 15.6 Å². The molecule has 0 aliphatic heterocycles. The Kier molecular flexibility index (Phi) is 6.40. The molecule has 9 heteroatoms. The Balaban J connectivity index is 1.85. The second-order valence-electron chi connectivity index (χ2n) is 4.92. The number of amides is 2. The number of aromatic nitrogens is 1. The summed E-state index contributed by atoms with van der Waals surface area (Å²) in [5.74, 6) is -5.73. The van der Waals surface area contributed by atoms with Gasteiger partial charge in [-0.1, -0.05) is 17.8 Å². The molecule has 2 rings (SSSR count). The number of thioether (sulfide) groups is 1. The van der Waals surface area contributed by atoms with Crippen LogP contribution in [0.4, 0.5) is 18.9 Å². The highest BCUT2D eigenvalue weighted by atomic mass is 32.2. The molecule has 2 N–H and O–H groups in total. The minimum Gasteiger partial charge on any atom is -0.346 e. The summed E-state index contributed by atoms with van der Waals surface area (Å²) >= 11 is 1.21. The van der Waals surface area contributed by atoms with Gasteiger partial charge in [0.1, 0.15) is 0 Å². The lowest BCUT2D eigenvalue weighted by Gasteiger charge is -2.12. The Morgan fingerprint density at radius 3 is 2.60 bits per heavy atom. The number of halogens is 3. The van der Waals surface area contributed by atoms with Gasteiger partial charge in [-0.3, -0.25) is 9.59 Å². The molecule has 0 unspecified atom stereocenters. The first-order chi connectivity index (χ1) is 11.9. The molecule has 1 aromatic heterocycles. The summed E-state index contributed by atoms with van der Waals surface area (Å²) in [6.45, 7) is 1.20. The van der Waals surface area contributed by atoms with E-state index in [1.165, 1.54) is 11.8 Å². The molecule has 2 aromatic rings. The lowest BCUT2D eigenvalue weighted by Crippen LogP contribution is -2.37. The van der Waals surface area contributed by atoms with Crippen LogP contribution < -0.4 is 10.6 Å². The summed E-state index contributed by atoms with van der Waals surface area (Å²) in [4.78, 5) is 27.7. The normalized spacial score (nSPS) is 11.7. The third kappa shape index (κ3) is 5.21. The zero-order valence-electron chi connectivity index (χ0n) is 13.1. The number of nitrogens with one attached hydrogen (secondary N) is 2. The molecule has 1 heterocycles. The van der Waals surface area contributed by atoms with Crippen LogP contribution in [0.5, 0.6) is 0 Å². The summed E-state index contributed by atoms with van der Waals surface area (Å²) in [5.41, 5.74) is -0.506. The predicted octanol–water partition coefficient (Wildman–Crippen LogP) is 2.73. The third-order valence-corrected chi connectivity index (χ3v) is 4.09. The van der Waals surface area contributed by atoms with E-state index in [-0.39, 0.29) is 0 Å². The molecule has 0 fully saturated rings. The maximum absolute atomic E-state index is 13.5. The first-order valence-electron chi connectivity index (χ1n) is 7.17. The molecule has 25 heavy (non-hydrogen) atoms. The topological polar surface area (TPSA) is 71.1 Å². The van der Waals surface area contributed by atoms with E-state index in [0.29, 0.717) is 11.1 Å². The molecule has 132 valence electrons. The molecular formula is C16H14F3N3O2S. The first kappa shape index (κ1) is 18.8. The number of hydrogen-bond donors (Lipinski definition) is 2. The largest absolute Gasteiger partial charge is 0.346 e. The number of nitrogens with zero attached hydrogens (tertiary/aromatic N) is 1. The summed E-state index contributed by atoms with van der Waals surface area (Å²) < 4.78 is 39.4. The van der Waals surface area contributed by atoms with E-state index < -0.39 is 46.7 Å². The molecule has 0 spiro atoms. The van der Waals surface area contributed by atoms with Crippen LogP contribution in [0.15, 0.2) is 41.6 Å². The monoisotopic (exact) mass is 369 g/mol. The van der Waals surface area contributed by atoms with Crippen LogP contribution in [0.2, 0.25) is 0 Å². The van der Waals surface area contributed by atoms with Crippen LogP contribution >= 0.6 is 11.8 Å². The lowest BCUT2D eigenvalue weighted by molar-refractivity contribution is -0.123. The average molecular weight is 369 g/mol. The lowest BCUT2D eigenvalue weighted by atomic mass is 10.2. The molecular weight excluding hydrogens is 355 g/mol. The molecule has 0 aliphatic carbocycles. The minimum absolute atomic E-state index is 0.420. The number of hydrogen-bond acceptors (Lipinski definition) is 4. The van der Waals surface area contributed by atoms with Gasteiger partial charge in [0.25, 0.3) is 0 Å². The fourth-order valence-electron chi connectivity index (χ4n) is 1.78. The highest BCUT2D eigenvalue weighted by Gasteiger charge is 2.18. The van der Waals surface area contributed by atoms with Crippen molar-refractivity contribution >= 4 is 29.3 Å². The van der Waals surface area contributed by atoms with E-state index in [0.717, 1.165) is 6.07 Å². The summed E-state index contributed by atoms with van der Waals surface area (Å²) in [5, 5.41) is 4.59. The second kappa shape index (κ2) is 8.52. The number of carbonyl (C=O) groups excluding carboxylic acids is 2. The Morgan fingerprint density at radius 1 is 1.16 bits per heavy atom. The molecule has 0 saturated carbocycles. The van der Waals surface area contributed by atoms with Gasteiger partial charge >= 0.3 is 0 Å². The van der Waals surface area contributed by atoms with Gasteiger partial charge in [-0.05, 0) is 31.2 Å². The van der Waals surface area contributed by atoms with Crippen LogP contribution in [0.3, 0.4) is 0 Å². The maximum atomic E-state index is 13.5. The van der Waals surface area contributed by atoms with Crippen molar-refractivity contribution in [2.24, 2.45) is 0 Å². The molecule has 0 saturated heterocycles. The van der Waals surface area contributed by atoms with E-state index in [1.807, 2.05) is 0 Å². The summed E-state index contributed by atoms with van der Waals surface area (Å²) in [6.07, 6.45) is 1.59. The second-order valence-corrected chi connectivity index (χ2v) is 6.28. The van der Waals surface area contributed by atoms with Crippen molar-refractivity contribution in [3.63, 3.8) is 0 Å². The highest BCUT2D eigenvalue weighted by Crippen LogP contribution is 2.21. The molecule has 1 atom stereocenters. The Morgan fingerprint density at radius 2 is 1.92 bits per heavy atom. The standard InChI is InChI=1S/C16H14F3N3O2S/c1-9(25-13-4-2-3-7-20-13)16(24)21-8-12(23)22-11-6-5-10(17)14(18)15(11)19/h2-7,9H,8H2,1H3,(H,21,24)(H,22,23)/t9-/m0/s1. The Hall–Kier alpha value is -2.55. The molecule has 0 bridgehead atoms.